The highest BCUT2D eigenvalue weighted by molar-refractivity contribution is 5.76. The zero-order chi connectivity index (χ0) is 58.5. The van der Waals surface area contributed by atoms with E-state index in [1.165, 1.54) is 321 Å². The number of amides is 1. The Balaban J connectivity index is 3.40. The molecule has 0 bridgehead atoms. The van der Waals surface area contributed by atoms with Gasteiger partial charge < -0.3 is 20.3 Å². The molecule has 0 aliphatic carbocycles. The summed E-state index contributed by atoms with van der Waals surface area (Å²) in [6.45, 7) is 4.96. The average molecular weight is 1140 g/mol. The van der Waals surface area contributed by atoms with Gasteiger partial charge >= 0.3 is 5.97 Å². The van der Waals surface area contributed by atoms with Gasteiger partial charge in [-0.3, -0.25) is 9.59 Å². The van der Waals surface area contributed by atoms with Crippen molar-refractivity contribution in [1.82, 2.24) is 5.32 Å². The molecular weight excluding hydrogens is 995 g/mol. The lowest BCUT2D eigenvalue weighted by Gasteiger charge is -2.22. The molecule has 0 heterocycles. The molecule has 81 heavy (non-hydrogen) atoms. The van der Waals surface area contributed by atoms with Crippen molar-refractivity contribution in [3.05, 3.63) is 36.5 Å². The first-order chi connectivity index (χ1) is 40.0. The van der Waals surface area contributed by atoms with Crippen molar-refractivity contribution < 1.29 is 24.5 Å². The number of carbonyl (C=O) groups is 2. The number of esters is 1. The van der Waals surface area contributed by atoms with Gasteiger partial charge in [0.25, 0.3) is 0 Å². The number of aliphatic hydroxyl groups is 2. The monoisotopic (exact) mass is 1140 g/mol. The minimum absolute atomic E-state index is 0.00349. The maximum atomic E-state index is 12.6. The molecule has 2 unspecified atom stereocenters. The molecule has 6 heteroatoms. The summed E-state index contributed by atoms with van der Waals surface area (Å²) in [7, 11) is 0. The summed E-state index contributed by atoms with van der Waals surface area (Å²) in [6, 6.07) is -0.542. The zero-order valence-corrected chi connectivity index (χ0v) is 54.8. The van der Waals surface area contributed by atoms with Gasteiger partial charge in [-0.15, -0.1) is 0 Å². The number of nitrogens with one attached hydrogen (secondary N) is 1. The summed E-state index contributed by atoms with van der Waals surface area (Å²) in [5.74, 6) is -0.0265. The molecule has 0 rings (SSSR count). The maximum Gasteiger partial charge on any atom is 0.305 e. The van der Waals surface area contributed by atoms with Gasteiger partial charge in [-0.2, -0.15) is 0 Å². The molecule has 0 aromatic rings. The maximum absolute atomic E-state index is 12.6. The Morgan fingerprint density at radius 1 is 0.346 bits per heavy atom. The average Bonchev–Trinajstić information content (AvgIpc) is 3.47. The highest BCUT2D eigenvalue weighted by Gasteiger charge is 2.20. The van der Waals surface area contributed by atoms with Gasteiger partial charge in [0.1, 0.15) is 0 Å². The van der Waals surface area contributed by atoms with E-state index >= 15 is 0 Å². The normalized spacial score (nSPS) is 12.7. The van der Waals surface area contributed by atoms with Crippen LogP contribution in [0, 0.1) is 0 Å². The molecule has 0 radical (unpaired) electrons. The molecule has 6 nitrogen and oxygen atoms in total. The van der Waals surface area contributed by atoms with Crippen LogP contribution in [0.5, 0.6) is 0 Å². The molecule has 0 aliphatic rings. The minimum Gasteiger partial charge on any atom is -0.466 e. The van der Waals surface area contributed by atoms with Gasteiger partial charge in [0, 0.05) is 12.8 Å². The van der Waals surface area contributed by atoms with Gasteiger partial charge in [0.15, 0.2) is 0 Å². The lowest BCUT2D eigenvalue weighted by atomic mass is 10.0. The Hall–Kier alpha value is -1.92. The number of ether oxygens (including phenoxy) is 1. The zero-order valence-electron chi connectivity index (χ0n) is 54.8. The molecule has 0 fully saturated rings. The second kappa shape index (κ2) is 70.6. The SMILES string of the molecule is CCCCC/C=C\CCCCCCCC(=O)OCCCCCCCCCCC/C=C\C/C=C\CCCCCCCCCCCCCCCCCC(=O)NC(CO)C(O)CCCCCCCCCCCCCCCCCCCCCCC. The van der Waals surface area contributed by atoms with Gasteiger partial charge in [-0.1, -0.05) is 346 Å². The number of unbranched alkanes of at least 4 members (excludes halogenated alkanes) is 52. The van der Waals surface area contributed by atoms with Crippen LogP contribution in [0.25, 0.3) is 0 Å². The first kappa shape index (κ1) is 79.1. The lowest BCUT2D eigenvalue weighted by molar-refractivity contribution is -0.143. The highest BCUT2D eigenvalue weighted by atomic mass is 16.5. The van der Waals surface area contributed by atoms with E-state index in [0.717, 1.165) is 51.4 Å². The van der Waals surface area contributed by atoms with E-state index in [1.807, 2.05) is 0 Å². The largest absolute Gasteiger partial charge is 0.466 e. The third-order valence-corrected chi connectivity index (χ3v) is 17.2. The first-order valence-corrected chi connectivity index (χ1v) is 36.7. The van der Waals surface area contributed by atoms with Crippen LogP contribution in [0.4, 0.5) is 0 Å². The molecule has 0 aromatic carbocycles. The third-order valence-electron chi connectivity index (χ3n) is 17.2. The summed E-state index contributed by atoms with van der Waals surface area (Å²) in [5, 5.41) is 23.4. The van der Waals surface area contributed by atoms with Crippen molar-refractivity contribution in [3.8, 4) is 0 Å². The third kappa shape index (κ3) is 67.1. The lowest BCUT2D eigenvalue weighted by Crippen LogP contribution is -2.45. The second-order valence-electron chi connectivity index (χ2n) is 25.3. The van der Waals surface area contributed by atoms with E-state index in [0.29, 0.717) is 25.9 Å². The number of rotatable bonds is 69. The Bertz CT molecular complexity index is 1310. The van der Waals surface area contributed by atoms with Crippen molar-refractivity contribution in [1.29, 1.82) is 0 Å². The van der Waals surface area contributed by atoms with Gasteiger partial charge in [0.05, 0.1) is 25.4 Å². The molecule has 1 amide bonds. The molecular formula is C75H143NO5. The number of aliphatic hydroxyl groups excluding tert-OH is 2. The predicted octanol–water partition coefficient (Wildman–Crippen LogP) is 23.9. The van der Waals surface area contributed by atoms with E-state index in [2.05, 4.69) is 55.6 Å². The van der Waals surface area contributed by atoms with Crippen LogP contribution >= 0.6 is 0 Å². The van der Waals surface area contributed by atoms with Crippen LogP contribution in [0.1, 0.15) is 406 Å². The standard InChI is InChI=1S/C75H143NO5/c1-3-5-7-9-11-13-15-17-18-19-20-32-35-38-41-44-47-51-55-59-63-67-73(78)72(71-77)76-74(79)68-64-60-56-52-48-45-42-39-36-33-30-28-26-24-22-21-23-25-27-29-31-34-37-40-43-46-50-54-58-62-66-70-81-75(80)69-65-61-57-53-49-16-14-12-10-8-6-4-2/h12,14,23,25,29,31,72-73,77-78H,3-11,13,15-22,24,26-28,30,32-71H2,1-2H3,(H,76,79)/b14-12-,25-23-,31-29-. The van der Waals surface area contributed by atoms with E-state index in [4.69, 9.17) is 4.74 Å². The Morgan fingerprint density at radius 3 is 0.975 bits per heavy atom. The van der Waals surface area contributed by atoms with E-state index in [9.17, 15) is 19.8 Å². The Kier molecular flexibility index (Phi) is 68.9. The topological polar surface area (TPSA) is 95.9 Å². The van der Waals surface area contributed by atoms with Crippen LogP contribution in [0.3, 0.4) is 0 Å². The molecule has 478 valence electrons. The summed E-state index contributed by atoms with van der Waals surface area (Å²) < 4.78 is 5.47. The number of allylic oxidation sites excluding steroid dienone is 6. The quantitative estimate of drug-likeness (QED) is 0.0320. The second-order valence-corrected chi connectivity index (χ2v) is 25.3. The molecule has 0 aromatic heterocycles. The van der Waals surface area contributed by atoms with E-state index in [-0.39, 0.29) is 18.5 Å². The summed E-state index contributed by atoms with van der Waals surface area (Å²) >= 11 is 0. The minimum atomic E-state index is -0.665. The Morgan fingerprint density at radius 2 is 0.617 bits per heavy atom. The smallest absolute Gasteiger partial charge is 0.305 e. The predicted molar refractivity (Wildman–Crippen MR) is 356 cm³/mol. The van der Waals surface area contributed by atoms with Crippen LogP contribution in [-0.4, -0.2) is 47.4 Å². The molecule has 2 atom stereocenters. The van der Waals surface area contributed by atoms with Crippen LogP contribution in [-0.2, 0) is 14.3 Å². The molecule has 0 saturated carbocycles. The van der Waals surface area contributed by atoms with Crippen molar-refractivity contribution in [2.45, 2.75) is 418 Å². The number of hydrogen-bond donors (Lipinski definition) is 3. The van der Waals surface area contributed by atoms with Crippen molar-refractivity contribution >= 4 is 11.9 Å². The fourth-order valence-corrected chi connectivity index (χ4v) is 11.6. The molecule has 0 saturated heterocycles. The van der Waals surface area contributed by atoms with Crippen LogP contribution in [0.15, 0.2) is 36.5 Å². The molecule has 0 spiro atoms. The Labute approximate surface area is 506 Å². The fraction of sp³-hybridized carbons (Fsp3) is 0.893. The van der Waals surface area contributed by atoms with Gasteiger partial charge in [-0.25, -0.2) is 0 Å². The van der Waals surface area contributed by atoms with Gasteiger partial charge in [-0.05, 0) is 83.5 Å². The van der Waals surface area contributed by atoms with E-state index in [1.54, 1.807) is 0 Å². The van der Waals surface area contributed by atoms with Crippen molar-refractivity contribution in [2.75, 3.05) is 13.2 Å². The summed E-state index contributed by atoms with van der Waals surface area (Å²) in [5.41, 5.74) is 0. The number of carbonyl (C=O) groups excluding carboxylic acids is 2. The first-order valence-electron chi connectivity index (χ1n) is 36.7. The molecule has 0 aliphatic heterocycles. The summed E-state index contributed by atoms with van der Waals surface area (Å²) in [4.78, 5) is 24.6. The van der Waals surface area contributed by atoms with Crippen LogP contribution in [0.2, 0.25) is 0 Å². The summed E-state index contributed by atoms with van der Waals surface area (Å²) in [6.07, 6.45) is 90.6. The fourth-order valence-electron chi connectivity index (χ4n) is 11.6. The molecule has 3 N–H and O–H groups in total. The number of hydrogen-bond acceptors (Lipinski definition) is 5. The highest BCUT2D eigenvalue weighted by Crippen LogP contribution is 2.19. The van der Waals surface area contributed by atoms with Crippen LogP contribution < -0.4 is 5.32 Å². The van der Waals surface area contributed by atoms with Crippen molar-refractivity contribution in [3.63, 3.8) is 0 Å². The van der Waals surface area contributed by atoms with E-state index < -0.39 is 12.1 Å². The van der Waals surface area contributed by atoms with Crippen molar-refractivity contribution in [2.24, 2.45) is 0 Å². The van der Waals surface area contributed by atoms with Gasteiger partial charge in [0.2, 0.25) is 5.91 Å².